The Morgan fingerprint density at radius 2 is 1.33 bits per heavy atom. The van der Waals surface area contributed by atoms with E-state index in [4.69, 9.17) is 0 Å². The fourth-order valence-electron chi connectivity index (χ4n) is 2.91. The van der Waals surface area contributed by atoms with Gasteiger partial charge in [-0.25, -0.2) is 8.42 Å². The fraction of sp³-hybridized carbons (Fsp3) is 0.130. The molecule has 3 aromatic carbocycles. The average molecular weight is 378 g/mol. The van der Waals surface area contributed by atoms with Crippen LogP contribution in [-0.4, -0.2) is 19.3 Å². The molecule has 1 atom stereocenters. The molecule has 4 heteroatoms. The molecule has 138 valence electrons. The molecular formula is C23H22O3S. The minimum atomic E-state index is -3.42. The van der Waals surface area contributed by atoms with E-state index in [0.717, 1.165) is 16.7 Å². The highest BCUT2D eigenvalue weighted by molar-refractivity contribution is 7.91. The van der Waals surface area contributed by atoms with Gasteiger partial charge in [0.25, 0.3) is 0 Å². The zero-order valence-electron chi connectivity index (χ0n) is 14.9. The Labute approximate surface area is 160 Å². The van der Waals surface area contributed by atoms with Crippen molar-refractivity contribution in [3.8, 4) is 0 Å². The molecule has 0 aromatic heterocycles. The Kier molecular flexibility index (Phi) is 6.22. The van der Waals surface area contributed by atoms with Crippen molar-refractivity contribution in [3.05, 3.63) is 108 Å². The summed E-state index contributed by atoms with van der Waals surface area (Å²) in [5.41, 5.74) is 2.53. The van der Waals surface area contributed by atoms with E-state index in [2.05, 4.69) is 0 Å². The van der Waals surface area contributed by atoms with Crippen molar-refractivity contribution in [1.82, 2.24) is 0 Å². The maximum absolute atomic E-state index is 12.6. The SMILES string of the molecule is O=S(=O)(C/C=C(/CC(O)c1ccccc1)c1ccccc1)c1ccccc1. The fourth-order valence-corrected chi connectivity index (χ4v) is 4.09. The first-order valence-corrected chi connectivity index (χ1v) is 10.5. The Morgan fingerprint density at radius 1 is 0.815 bits per heavy atom. The van der Waals surface area contributed by atoms with E-state index in [0.29, 0.717) is 11.3 Å². The van der Waals surface area contributed by atoms with Crippen LogP contribution in [0, 0.1) is 0 Å². The lowest BCUT2D eigenvalue weighted by Gasteiger charge is -2.15. The quantitative estimate of drug-likeness (QED) is 0.650. The van der Waals surface area contributed by atoms with Gasteiger partial charge in [-0.1, -0.05) is 84.9 Å². The zero-order valence-corrected chi connectivity index (χ0v) is 15.7. The number of hydrogen-bond donors (Lipinski definition) is 1. The monoisotopic (exact) mass is 378 g/mol. The first-order valence-electron chi connectivity index (χ1n) is 8.81. The predicted octanol–water partition coefficient (Wildman–Crippen LogP) is 4.67. The first-order chi connectivity index (χ1) is 13.1. The lowest BCUT2D eigenvalue weighted by molar-refractivity contribution is 0.184. The van der Waals surface area contributed by atoms with Gasteiger partial charge in [0.15, 0.2) is 9.84 Å². The molecule has 0 saturated carbocycles. The second-order valence-corrected chi connectivity index (χ2v) is 8.35. The topological polar surface area (TPSA) is 54.4 Å². The van der Waals surface area contributed by atoms with Gasteiger partial charge in [0.05, 0.1) is 16.8 Å². The van der Waals surface area contributed by atoms with Crippen LogP contribution in [0.4, 0.5) is 0 Å². The molecule has 0 bridgehead atoms. The van der Waals surface area contributed by atoms with Gasteiger partial charge in [0, 0.05) is 6.42 Å². The Balaban J connectivity index is 1.87. The first kappa shape index (κ1) is 19.1. The van der Waals surface area contributed by atoms with E-state index in [1.807, 2.05) is 60.7 Å². The summed E-state index contributed by atoms with van der Waals surface area (Å²) < 4.78 is 25.2. The smallest absolute Gasteiger partial charge is 0.181 e. The summed E-state index contributed by atoms with van der Waals surface area (Å²) in [6.07, 6.45) is 1.36. The van der Waals surface area contributed by atoms with Crippen LogP contribution in [0.2, 0.25) is 0 Å². The largest absolute Gasteiger partial charge is 0.388 e. The summed E-state index contributed by atoms with van der Waals surface area (Å²) in [5, 5.41) is 10.6. The van der Waals surface area contributed by atoms with Crippen molar-refractivity contribution in [2.45, 2.75) is 17.4 Å². The second kappa shape index (κ2) is 8.80. The van der Waals surface area contributed by atoms with E-state index in [-0.39, 0.29) is 5.75 Å². The van der Waals surface area contributed by atoms with E-state index in [1.54, 1.807) is 36.4 Å². The van der Waals surface area contributed by atoms with Crippen molar-refractivity contribution in [2.24, 2.45) is 0 Å². The lowest BCUT2D eigenvalue weighted by Crippen LogP contribution is -2.06. The molecule has 0 spiro atoms. The molecule has 0 heterocycles. The van der Waals surface area contributed by atoms with Gasteiger partial charge in [-0.15, -0.1) is 0 Å². The van der Waals surface area contributed by atoms with Crippen LogP contribution in [-0.2, 0) is 9.84 Å². The minimum absolute atomic E-state index is 0.108. The van der Waals surface area contributed by atoms with Crippen molar-refractivity contribution < 1.29 is 13.5 Å². The molecule has 0 saturated heterocycles. The third kappa shape index (κ3) is 5.16. The van der Waals surface area contributed by atoms with Crippen LogP contribution in [0.1, 0.15) is 23.7 Å². The summed E-state index contributed by atoms with van der Waals surface area (Å²) >= 11 is 0. The maximum Gasteiger partial charge on any atom is 0.181 e. The zero-order chi connectivity index (χ0) is 19.1. The molecule has 0 radical (unpaired) electrons. The molecule has 3 aromatic rings. The van der Waals surface area contributed by atoms with Gasteiger partial charge in [0.1, 0.15) is 0 Å². The van der Waals surface area contributed by atoms with Gasteiger partial charge >= 0.3 is 0 Å². The van der Waals surface area contributed by atoms with Crippen molar-refractivity contribution in [2.75, 3.05) is 5.75 Å². The molecular weight excluding hydrogens is 356 g/mol. The Hall–Kier alpha value is -2.69. The van der Waals surface area contributed by atoms with Crippen LogP contribution in [0.5, 0.6) is 0 Å². The highest BCUT2D eigenvalue weighted by atomic mass is 32.2. The molecule has 0 aliphatic heterocycles. The van der Waals surface area contributed by atoms with E-state index in [1.165, 1.54) is 0 Å². The van der Waals surface area contributed by atoms with Gasteiger partial charge in [-0.05, 0) is 28.8 Å². The second-order valence-electron chi connectivity index (χ2n) is 6.32. The predicted molar refractivity (Wildman–Crippen MR) is 109 cm³/mol. The molecule has 1 N–H and O–H groups in total. The summed E-state index contributed by atoms with van der Waals surface area (Å²) in [7, 11) is -3.42. The third-order valence-electron chi connectivity index (χ3n) is 4.39. The average Bonchev–Trinajstić information content (AvgIpc) is 2.73. The van der Waals surface area contributed by atoms with Crippen molar-refractivity contribution in [1.29, 1.82) is 0 Å². The molecule has 0 fully saturated rings. The summed E-state index contributed by atoms with van der Waals surface area (Å²) in [5.74, 6) is -0.108. The molecule has 0 amide bonds. The van der Waals surface area contributed by atoms with Crippen LogP contribution in [0.3, 0.4) is 0 Å². The molecule has 27 heavy (non-hydrogen) atoms. The molecule has 0 aliphatic carbocycles. The number of benzene rings is 3. The molecule has 1 unspecified atom stereocenters. The minimum Gasteiger partial charge on any atom is -0.388 e. The number of aliphatic hydroxyl groups excluding tert-OH is 1. The van der Waals surface area contributed by atoms with Crippen molar-refractivity contribution >= 4 is 15.4 Å². The summed E-state index contributed by atoms with van der Waals surface area (Å²) in [6.45, 7) is 0. The Morgan fingerprint density at radius 3 is 1.93 bits per heavy atom. The summed E-state index contributed by atoms with van der Waals surface area (Å²) in [4.78, 5) is 0.303. The highest BCUT2D eigenvalue weighted by Crippen LogP contribution is 2.28. The molecule has 3 rings (SSSR count). The number of hydrogen-bond acceptors (Lipinski definition) is 3. The molecule has 0 aliphatic rings. The van der Waals surface area contributed by atoms with Crippen LogP contribution in [0.15, 0.2) is 102 Å². The Bertz CT molecular complexity index is 980. The van der Waals surface area contributed by atoms with Gasteiger partial charge in [-0.2, -0.15) is 0 Å². The maximum atomic E-state index is 12.6. The highest BCUT2D eigenvalue weighted by Gasteiger charge is 2.15. The number of sulfone groups is 1. The van der Waals surface area contributed by atoms with E-state index < -0.39 is 15.9 Å². The van der Waals surface area contributed by atoms with Crippen LogP contribution >= 0.6 is 0 Å². The van der Waals surface area contributed by atoms with Gasteiger partial charge < -0.3 is 5.11 Å². The third-order valence-corrected chi connectivity index (χ3v) is 5.99. The van der Waals surface area contributed by atoms with Gasteiger partial charge in [-0.3, -0.25) is 0 Å². The van der Waals surface area contributed by atoms with Crippen LogP contribution in [0.25, 0.3) is 5.57 Å². The standard InChI is InChI=1S/C23H22O3S/c24-23(20-12-6-2-7-13-20)18-21(19-10-4-1-5-11-19)16-17-27(25,26)22-14-8-3-9-15-22/h1-16,23-24H,17-18H2/b21-16-. The summed E-state index contributed by atoms with van der Waals surface area (Å²) in [6, 6.07) is 27.4. The van der Waals surface area contributed by atoms with Gasteiger partial charge in [0.2, 0.25) is 0 Å². The van der Waals surface area contributed by atoms with E-state index >= 15 is 0 Å². The molecule has 3 nitrogen and oxygen atoms in total. The van der Waals surface area contributed by atoms with Crippen molar-refractivity contribution in [3.63, 3.8) is 0 Å². The normalized spacial score (nSPS) is 13.3. The number of aliphatic hydroxyl groups is 1. The lowest BCUT2D eigenvalue weighted by atomic mass is 9.96. The number of rotatable bonds is 7. The van der Waals surface area contributed by atoms with E-state index in [9.17, 15) is 13.5 Å². The van der Waals surface area contributed by atoms with Crippen LogP contribution < -0.4 is 0 Å².